The summed E-state index contributed by atoms with van der Waals surface area (Å²) < 4.78 is 116. The number of Topliss-reactive ketones (excluding diaryl/α,β-unsaturated/α-hetero) is 1. The van der Waals surface area contributed by atoms with Crippen molar-refractivity contribution in [1.82, 2.24) is 0 Å². The second-order valence-electron chi connectivity index (χ2n) is 11.1. The van der Waals surface area contributed by atoms with Crippen molar-refractivity contribution < 1.29 is 67.9 Å². The molecule has 1 saturated carbocycles. The lowest BCUT2D eigenvalue weighted by molar-refractivity contribution is -0.163. The van der Waals surface area contributed by atoms with Crippen LogP contribution in [0.25, 0.3) is 0 Å². The van der Waals surface area contributed by atoms with Crippen LogP contribution in [0.3, 0.4) is 0 Å². The summed E-state index contributed by atoms with van der Waals surface area (Å²) >= 11 is 0. The number of benzene rings is 2. The van der Waals surface area contributed by atoms with E-state index in [4.69, 9.17) is 27.2 Å². The highest BCUT2D eigenvalue weighted by molar-refractivity contribution is 7.98. The molecule has 264 valence electrons. The van der Waals surface area contributed by atoms with Crippen molar-refractivity contribution in [1.29, 1.82) is 0 Å². The lowest BCUT2D eigenvalue weighted by atomic mass is 9.91. The molecule has 1 aliphatic heterocycles. The summed E-state index contributed by atoms with van der Waals surface area (Å²) in [4.78, 5) is 40.0. The fraction of sp³-hybridized carbons (Fsp3) is 0.406. The summed E-state index contributed by atoms with van der Waals surface area (Å²) in [5, 5.41) is -0.629. The van der Waals surface area contributed by atoms with Gasteiger partial charge in [0.2, 0.25) is 21.3 Å². The summed E-state index contributed by atoms with van der Waals surface area (Å²) in [6, 6.07) is 11.4. The molecule has 2 atom stereocenters. The number of halogens is 6. The van der Waals surface area contributed by atoms with E-state index in [1.165, 1.54) is 13.2 Å². The van der Waals surface area contributed by atoms with E-state index >= 15 is 0 Å². The Kier molecular flexibility index (Phi) is 11.2. The molecule has 2 aromatic rings. The van der Waals surface area contributed by atoms with Gasteiger partial charge >= 0.3 is 29.4 Å². The maximum absolute atomic E-state index is 13.5. The molecule has 1 heterocycles. The standard InChI is InChI=1S/C31H29F3O6S.CHF3O3S/c1-3-30(14-6-7-15-30)40-27(35)18-39-29(37)19-10-12-23(38-2)26(16-19)41-24-9-5-4-8-21(24)28(36)22-17-20(31(32,33)34)11-13-25(22)41;2-1(3,4)8(5,6)7/h4-5,8-12,16,25H,3,6-7,13-15,18H2,1-2H3;(H,5,6,7)/q+2;/p-1. The number of ether oxygens (including phenoxy) is 3. The molecule has 3 aliphatic rings. The van der Waals surface area contributed by atoms with E-state index in [1.54, 1.807) is 36.4 Å². The summed E-state index contributed by atoms with van der Waals surface area (Å²) in [6.45, 7) is 1.42. The van der Waals surface area contributed by atoms with Crippen LogP contribution >= 0.6 is 0 Å². The molecule has 9 nitrogen and oxygen atoms in total. The van der Waals surface area contributed by atoms with E-state index < -0.39 is 73.5 Å². The third-order valence-electron chi connectivity index (χ3n) is 8.06. The number of hydrogen-bond donors (Lipinski definition) is 0. The number of methoxy groups -OCH3 is 1. The van der Waals surface area contributed by atoms with Gasteiger partial charge in [0, 0.05) is 12.1 Å². The topological polar surface area (TPSA) is 136 Å². The highest BCUT2D eigenvalue weighted by Crippen LogP contribution is 2.46. The first kappa shape index (κ1) is 37.9. The lowest BCUT2D eigenvalue weighted by Gasteiger charge is -2.27. The fourth-order valence-corrected chi connectivity index (χ4v) is 8.43. The van der Waals surface area contributed by atoms with Gasteiger partial charge in [0.1, 0.15) is 11.2 Å². The van der Waals surface area contributed by atoms with E-state index in [0.29, 0.717) is 22.0 Å². The maximum Gasteiger partial charge on any atom is 0.485 e. The van der Waals surface area contributed by atoms with Gasteiger partial charge in [-0.05, 0) is 56.4 Å². The maximum atomic E-state index is 13.5. The van der Waals surface area contributed by atoms with Crippen LogP contribution in [0.1, 0.15) is 66.2 Å². The predicted molar refractivity (Wildman–Crippen MR) is 161 cm³/mol. The lowest BCUT2D eigenvalue weighted by Crippen LogP contribution is -2.37. The van der Waals surface area contributed by atoms with Gasteiger partial charge in [0.05, 0.1) is 36.1 Å². The molecular formula is C32H29F6O9S2+. The molecule has 5 rings (SSSR count). The Balaban J connectivity index is 0.000000603. The second kappa shape index (κ2) is 14.5. The number of carbonyl (C=O) groups excluding carboxylic acids is 3. The van der Waals surface area contributed by atoms with E-state index in [1.807, 2.05) is 6.92 Å². The molecule has 0 amide bonds. The van der Waals surface area contributed by atoms with Crippen molar-refractivity contribution in [2.45, 2.75) is 77.8 Å². The fourth-order valence-electron chi connectivity index (χ4n) is 5.64. The summed E-state index contributed by atoms with van der Waals surface area (Å²) in [6.07, 6.45) is 2.96. The van der Waals surface area contributed by atoms with Crippen molar-refractivity contribution in [3.8, 4) is 5.75 Å². The van der Waals surface area contributed by atoms with Crippen LogP contribution in [0, 0.1) is 6.08 Å². The van der Waals surface area contributed by atoms with Crippen LogP contribution in [0.2, 0.25) is 0 Å². The van der Waals surface area contributed by atoms with Crippen molar-refractivity contribution in [2.24, 2.45) is 0 Å². The zero-order valence-corrected chi connectivity index (χ0v) is 27.5. The number of carbonyl (C=O) groups is 3. The van der Waals surface area contributed by atoms with Gasteiger partial charge in [-0.1, -0.05) is 19.1 Å². The monoisotopic (exact) mass is 735 g/mol. The average molecular weight is 736 g/mol. The van der Waals surface area contributed by atoms with Crippen LogP contribution in [-0.2, 0) is 35.3 Å². The predicted octanol–water partition coefficient (Wildman–Crippen LogP) is 6.39. The Hall–Kier alpha value is -3.92. The van der Waals surface area contributed by atoms with Crippen LogP contribution < -0.4 is 4.74 Å². The largest absolute Gasteiger partial charge is 0.741 e. The van der Waals surface area contributed by atoms with E-state index in [9.17, 15) is 40.7 Å². The number of rotatable bonds is 7. The van der Waals surface area contributed by atoms with Crippen LogP contribution in [0.4, 0.5) is 26.3 Å². The molecule has 2 unspecified atom stereocenters. The Bertz CT molecular complexity index is 1780. The first-order chi connectivity index (χ1) is 22.8. The molecule has 2 aromatic carbocycles. The zero-order valence-electron chi connectivity index (χ0n) is 25.9. The molecule has 49 heavy (non-hydrogen) atoms. The average Bonchev–Trinajstić information content (AvgIpc) is 3.51. The van der Waals surface area contributed by atoms with Gasteiger partial charge in [0.15, 0.2) is 27.4 Å². The van der Waals surface area contributed by atoms with Gasteiger partial charge in [-0.25, -0.2) is 22.8 Å². The molecule has 0 aromatic heterocycles. The first-order valence-electron chi connectivity index (χ1n) is 14.7. The number of hydrogen-bond acceptors (Lipinski definition) is 9. The zero-order chi connectivity index (χ0) is 36.4. The Labute approximate surface area is 280 Å². The van der Waals surface area contributed by atoms with Gasteiger partial charge in [-0.2, -0.15) is 26.3 Å². The van der Waals surface area contributed by atoms with Gasteiger partial charge in [-0.3, -0.25) is 0 Å². The van der Waals surface area contributed by atoms with E-state index in [0.717, 1.165) is 31.8 Å². The number of alkyl halides is 6. The van der Waals surface area contributed by atoms with Crippen molar-refractivity contribution >= 4 is 38.7 Å². The van der Waals surface area contributed by atoms with Crippen molar-refractivity contribution in [2.75, 3.05) is 13.7 Å². The quantitative estimate of drug-likeness (QED) is 0.0791. The Morgan fingerprint density at radius 2 is 1.67 bits per heavy atom. The molecule has 17 heteroatoms. The third-order valence-corrected chi connectivity index (χ3v) is 11.2. The number of esters is 2. The van der Waals surface area contributed by atoms with Crippen LogP contribution in [0.15, 0.2) is 69.5 Å². The molecule has 0 radical (unpaired) electrons. The summed E-state index contributed by atoms with van der Waals surface area (Å²) in [5.74, 6) is -1.45. The molecule has 0 N–H and O–H groups in total. The first-order valence-corrected chi connectivity index (χ1v) is 17.4. The van der Waals surface area contributed by atoms with Gasteiger partial charge in [-0.15, -0.1) is 0 Å². The van der Waals surface area contributed by atoms with Gasteiger partial charge < -0.3 is 18.8 Å². The Morgan fingerprint density at radius 3 is 2.24 bits per heavy atom. The normalized spacial score (nSPS) is 19.9. The molecule has 0 saturated heterocycles. The molecule has 0 spiro atoms. The van der Waals surface area contributed by atoms with E-state index in [2.05, 4.69) is 6.08 Å². The van der Waals surface area contributed by atoms with Crippen molar-refractivity contribution in [3.05, 3.63) is 76.9 Å². The number of fused-ring (bicyclic) bond motifs is 2. The molecular weight excluding hydrogens is 706 g/mol. The third kappa shape index (κ3) is 8.46. The van der Waals surface area contributed by atoms with Crippen molar-refractivity contribution in [3.63, 3.8) is 0 Å². The van der Waals surface area contributed by atoms with Gasteiger partial charge in [0.25, 0.3) is 0 Å². The number of ketones is 1. The molecule has 1 fully saturated rings. The van der Waals surface area contributed by atoms with E-state index in [-0.39, 0.29) is 23.1 Å². The SMILES string of the molecule is CCC1(OC(=O)COC(=O)c2ccc(OC)c([S+]3c4ccccc4C(=O)C4=[C+]C(C(F)(F)F)=CCC43)c2)CCCC1.O=S(=O)([O-])C(F)(F)F. The van der Waals surface area contributed by atoms with Crippen LogP contribution in [-0.4, -0.2) is 66.9 Å². The van der Waals surface area contributed by atoms with Crippen LogP contribution in [0.5, 0.6) is 5.75 Å². The summed E-state index contributed by atoms with van der Waals surface area (Å²) in [5.41, 5.74) is -6.75. The molecule has 0 bridgehead atoms. The molecule has 2 aliphatic carbocycles. The highest BCUT2D eigenvalue weighted by atomic mass is 32.2. The minimum Gasteiger partial charge on any atom is -0.741 e. The smallest absolute Gasteiger partial charge is 0.485 e. The second-order valence-corrected chi connectivity index (χ2v) is 14.6. The Morgan fingerprint density at radius 1 is 1.04 bits per heavy atom. The minimum absolute atomic E-state index is 0.0385. The number of allylic oxidation sites excluding steroid dienone is 3. The summed E-state index contributed by atoms with van der Waals surface area (Å²) in [7, 11) is -5.62. The highest BCUT2D eigenvalue weighted by Gasteiger charge is 2.57. The minimum atomic E-state index is -6.09.